The van der Waals surface area contributed by atoms with Gasteiger partial charge in [0.1, 0.15) is 16.2 Å². The van der Waals surface area contributed by atoms with Crippen LogP contribution in [0.5, 0.6) is 0 Å². The van der Waals surface area contributed by atoms with Gasteiger partial charge in [-0.3, -0.25) is 4.79 Å². The van der Waals surface area contributed by atoms with Gasteiger partial charge >= 0.3 is 0 Å². The van der Waals surface area contributed by atoms with Gasteiger partial charge in [0.15, 0.2) is 0 Å². The highest BCUT2D eigenvalue weighted by atomic mass is 32.2. The first-order valence-electron chi connectivity index (χ1n) is 6.68. The van der Waals surface area contributed by atoms with E-state index in [0.717, 1.165) is 15.2 Å². The fourth-order valence-electron chi connectivity index (χ4n) is 1.88. The Kier molecular flexibility index (Phi) is 5.55. The first-order chi connectivity index (χ1) is 10.0. The van der Waals surface area contributed by atoms with Gasteiger partial charge in [0.2, 0.25) is 5.91 Å². The fraction of sp³-hybridized carbons (Fsp3) is 0.500. The second-order valence-corrected chi connectivity index (χ2v) is 7.22. The van der Waals surface area contributed by atoms with Crippen LogP contribution in [0.15, 0.2) is 11.4 Å². The average molecular weight is 325 g/mol. The molecule has 2 aromatic heterocycles. The number of hydrogen-bond acceptors (Lipinski definition) is 6. The molecule has 0 aliphatic rings. The van der Waals surface area contributed by atoms with Gasteiger partial charge in [-0.05, 0) is 26.3 Å². The molecule has 5 nitrogen and oxygen atoms in total. The Labute approximate surface area is 132 Å². The largest absolute Gasteiger partial charge is 0.383 e. The lowest BCUT2D eigenvalue weighted by atomic mass is 10.2. The Morgan fingerprint density at radius 2 is 2.24 bits per heavy atom. The molecule has 1 atom stereocenters. The summed E-state index contributed by atoms with van der Waals surface area (Å²) in [6.45, 7) is 7.08. The lowest BCUT2D eigenvalue weighted by Crippen LogP contribution is -2.33. The molecule has 2 aromatic rings. The number of carbonyl (C=O) groups excluding carboxylic acids is 1. The number of carbonyl (C=O) groups is 1. The van der Waals surface area contributed by atoms with Gasteiger partial charge < -0.3 is 10.1 Å². The maximum absolute atomic E-state index is 12.0. The van der Waals surface area contributed by atoms with Gasteiger partial charge in [0, 0.05) is 23.9 Å². The Morgan fingerprint density at radius 1 is 1.48 bits per heavy atom. The molecule has 21 heavy (non-hydrogen) atoms. The van der Waals surface area contributed by atoms with Crippen LogP contribution in [0.3, 0.4) is 0 Å². The van der Waals surface area contributed by atoms with E-state index in [-0.39, 0.29) is 11.2 Å². The second kappa shape index (κ2) is 7.20. The quantitative estimate of drug-likeness (QED) is 0.502. The van der Waals surface area contributed by atoms with Crippen LogP contribution in [-0.2, 0) is 9.53 Å². The normalized spacial score (nSPS) is 12.6. The van der Waals surface area contributed by atoms with Crippen molar-refractivity contribution < 1.29 is 9.53 Å². The summed E-state index contributed by atoms with van der Waals surface area (Å²) in [5, 5.41) is 4.58. The second-order valence-electron chi connectivity index (χ2n) is 4.69. The molecule has 0 unspecified atom stereocenters. The maximum atomic E-state index is 12.0. The third-order valence-electron chi connectivity index (χ3n) is 3.19. The smallest absolute Gasteiger partial charge is 0.233 e. The molecule has 0 aromatic carbocycles. The van der Waals surface area contributed by atoms with E-state index in [2.05, 4.69) is 29.1 Å². The number of nitrogens with one attached hydrogen (secondary N) is 1. The summed E-state index contributed by atoms with van der Waals surface area (Å²) in [4.78, 5) is 22.9. The predicted molar refractivity (Wildman–Crippen MR) is 87.1 cm³/mol. The van der Waals surface area contributed by atoms with Crippen LogP contribution in [0, 0.1) is 13.8 Å². The maximum Gasteiger partial charge on any atom is 0.233 e. The monoisotopic (exact) mass is 325 g/mol. The molecule has 0 spiro atoms. The van der Waals surface area contributed by atoms with Crippen molar-refractivity contribution in [2.24, 2.45) is 0 Å². The van der Waals surface area contributed by atoms with Crippen molar-refractivity contribution in [1.29, 1.82) is 0 Å². The molecule has 2 rings (SSSR count). The van der Waals surface area contributed by atoms with Crippen LogP contribution < -0.4 is 5.32 Å². The lowest BCUT2D eigenvalue weighted by molar-refractivity contribution is -0.120. The first kappa shape index (κ1) is 16.2. The van der Waals surface area contributed by atoms with Crippen molar-refractivity contribution in [3.63, 3.8) is 0 Å². The lowest BCUT2D eigenvalue weighted by Gasteiger charge is -2.12. The molecule has 0 aliphatic heterocycles. The molecule has 1 N–H and O–H groups in total. The molecule has 2 heterocycles. The van der Waals surface area contributed by atoms with Gasteiger partial charge in [-0.25, -0.2) is 9.97 Å². The standard InChI is InChI=1S/C14H19N3O2S2/c1-8-9(2)20-13-11(8)14(17-7-16-13)21-10(3)12(18)15-5-6-19-4/h7,10H,5-6H2,1-4H3,(H,15,18)/t10-/m1/s1. The minimum Gasteiger partial charge on any atom is -0.383 e. The van der Waals surface area contributed by atoms with E-state index >= 15 is 0 Å². The minimum absolute atomic E-state index is 0.00610. The van der Waals surface area contributed by atoms with Gasteiger partial charge in [-0.1, -0.05) is 11.8 Å². The number of thioether (sulfide) groups is 1. The molecule has 0 saturated heterocycles. The number of hydrogen-bond donors (Lipinski definition) is 1. The summed E-state index contributed by atoms with van der Waals surface area (Å²) < 4.78 is 4.93. The van der Waals surface area contributed by atoms with E-state index in [1.165, 1.54) is 22.2 Å². The molecule has 1 amide bonds. The molecule has 0 bridgehead atoms. The number of rotatable bonds is 6. The fourth-order valence-corrected chi connectivity index (χ4v) is 3.94. The zero-order valence-corrected chi connectivity index (χ0v) is 14.2. The van der Waals surface area contributed by atoms with Crippen LogP contribution in [0.2, 0.25) is 0 Å². The number of amides is 1. The molecule has 0 aliphatic carbocycles. The van der Waals surface area contributed by atoms with Gasteiger partial charge in [0.25, 0.3) is 0 Å². The number of aromatic nitrogens is 2. The zero-order chi connectivity index (χ0) is 15.4. The number of nitrogens with zero attached hydrogens (tertiary/aromatic N) is 2. The van der Waals surface area contributed by atoms with Crippen LogP contribution >= 0.6 is 23.1 Å². The van der Waals surface area contributed by atoms with Crippen LogP contribution in [-0.4, -0.2) is 41.4 Å². The summed E-state index contributed by atoms with van der Waals surface area (Å²) in [5.74, 6) is -0.00610. The van der Waals surface area contributed by atoms with E-state index in [1.807, 2.05) is 6.92 Å². The number of thiophene rings is 1. The summed E-state index contributed by atoms with van der Waals surface area (Å²) in [6, 6.07) is 0. The van der Waals surface area contributed by atoms with Crippen molar-refractivity contribution in [3.05, 3.63) is 16.8 Å². The third-order valence-corrected chi connectivity index (χ3v) is 5.41. The molecule has 0 fully saturated rings. The summed E-state index contributed by atoms with van der Waals surface area (Å²) in [6.07, 6.45) is 1.57. The molecular weight excluding hydrogens is 306 g/mol. The third kappa shape index (κ3) is 3.72. The highest BCUT2D eigenvalue weighted by Gasteiger charge is 2.18. The Balaban J connectivity index is 2.14. The summed E-state index contributed by atoms with van der Waals surface area (Å²) in [5.41, 5.74) is 1.20. The predicted octanol–water partition coefficient (Wildman–Crippen LogP) is 2.55. The Hall–Kier alpha value is -1.18. The highest BCUT2D eigenvalue weighted by molar-refractivity contribution is 8.00. The number of ether oxygens (including phenoxy) is 1. The van der Waals surface area contributed by atoms with Crippen LogP contribution in [0.25, 0.3) is 10.2 Å². The Bertz CT molecular complexity index is 642. The minimum atomic E-state index is -0.209. The average Bonchev–Trinajstić information content (AvgIpc) is 2.75. The molecule has 7 heteroatoms. The first-order valence-corrected chi connectivity index (χ1v) is 8.38. The van der Waals surface area contributed by atoms with Gasteiger partial charge in [-0.15, -0.1) is 11.3 Å². The van der Waals surface area contributed by atoms with E-state index < -0.39 is 0 Å². The van der Waals surface area contributed by atoms with Crippen molar-refractivity contribution in [1.82, 2.24) is 15.3 Å². The van der Waals surface area contributed by atoms with Gasteiger partial charge in [-0.2, -0.15) is 0 Å². The van der Waals surface area contributed by atoms with Gasteiger partial charge in [0.05, 0.1) is 11.9 Å². The highest BCUT2D eigenvalue weighted by Crippen LogP contribution is 2.35. The SMILES string of the molecule is COCCNC(=O)[C@@H](C)Sc1ncnc2sc(C)c(C)c12. The molecular formula is C14H19N3O2S2. The number of fused-ring (bicyclic) bond motifs is 1. The molecule has 114 valence electrons. The van der Waals surface area contributed by atoms with E-state index in [9.17, 15) is 4.79 Å². The van der Waals surface area contributed by atoms with E-state index in [4.69, 9.17) is 4.74 Å². The molecule has 0 saturated carbocycles. The van der Waals surface area contributed by atoms with Crippen LogP contribution in [0.1, 0.15) is 17.4 Å². The number of methoxy groups -OCH3 is 1. The van der Waals surface area contributed by atoms with Crippen molar-refractivity contribution >= 4 is 39.2 Å². The summed E-state index contributed by atoms with van der Waals surface area (Å²) in [7, 11) is 1.61. The molecule has 0 radical (unpaired) electrons. The van der Waals surface area contributed by atoms with E-state index in [1.54, 1.807) is 24.8 Å². The van der Waals surface area contributed by atoms with Crippen LogP contribution in [0.4, 0.5) is 0 Å². The topological polar surface area (TPSA) is 64.1 Å². The number of aryl methyl sites for hydroxylation is 2. The van der Waals surface area contributed by atoms with Crippen molar-refractivity contribution in [2.45, 2.75) is 31.0 Å². The van der Waals surface area contributed by atoms with Crippen molar-refractivity contribution in [3.8, 4) is 0 Å². The van der Waals surface area contributed by atoms with Crippen molar-refractivity contribution in [2.75, 3.05) is 20.3 Å². The summed E-state index contributed by atoms with van der Waals surface area (Å²) >= 11 is 3.13. The Morgan fingerprint density at radius 3 is 2.95 bits per heavy atom. The zero-order valence-electron chi connectivity index (χ0n) is 12.6. The van der Waals surface area contributed by atoms with E-state index in [0.29, 0.717) is 13.2 Å².